The van der Waals surface area contributed by atoms with Gasteiger partial charge in [0.2, 0.25) is 0 Å². The lowest BCUT2D eigenvalue weighted by atomic mass is 10.2. The van der Waals surface area contributed by atoms with Crippen molar-refractivity contribution in [1.82, 2.24) is 14.9 Å². The van der Waals surface area contributed by atoms with Crippen LogP contribution in [-0.2, 0) is 6.54 Å². The van der Waals surface area contributed by atoms with Gasteiger partial charge in [0, 0.05) is 15.6 Å². The molecule has 1 N–H and O–H groups in total. The quantitative estimate of drug-likeness (QED) is 0.899. The molecule has 0 bridgehead atoms. The zero-order valence-corrected chi connectivity index (χ0v) is 9.20. The van der Waals surface area contributed by atoms with Gasteiger partial charge in [-0.3, -0.25) is 0 Å². The molecule has 0 saturated carbocycles. The minimum absolute atomic E-state index is 0.524. The lowest BCUT2D eigenvalue weighted by Gasteiger charge is -2.09. The smallest absolute Gasteiger partial charge is 0.138 e. The van der Waals surface area contributed by atoms with Gasteiger partial charge in [0.15, 0.2) is 0 Å². The van der Waals surface area contributed by atoms with Gasteiger partial charge in [-0.2, -0.15) is 0 Å². The third kappa shape index (κ3) is 2.40. The van der Waals surface area contributed by atoms with Gasteiger partial charge in [-0.25, -0.2) is 4.68 Å². The van der Waals surface area contributed by atoms with Crippen LogP contribution >= 0.6 is 23.2 Å². The zero-order valence-electron chi connectivity index (χ0n) is 7.69. The van der Waals surface area contributed by atoms with E-state index in [2.05, 4.69) is 15.6 Å². The van der Waals surface area contributed by atoms with E-state index < -0.39 is 0 Å². The van der Waals surface area contributed by atoms with Crippen LogP contribution in [0.4, 0.5) is 0 Å². The molecule has 1 heterocycles. The first-order valence-corrected chi connectivity index (χ1v) is 5.04. The molecule has 0 radical (unpaired) electrons. The van der Waals surface area contributed by atoms with Crippen molar-refractivity contribution < 1.29 is 0 Å². The topological polar surface area (TPSA) is 42.7 Å². The van der Waals surface area contributed by atoms with E-state index in [1.807, 2.05) is 6.07 Å². The van der Waals surface area contributed by atoms with Crippen molar-refractivity contribution in [3.63, 3.8) is 0 Å². The first kappa shape index (κ1) is 10.3. The van der Waals surface area contributed by atoms with Crippen LogP contribution in [0, 0.1) is 0 Å². The predicted molar refractivity (Wildman–Crippen MR) is 59.5 cm³/mol. The first-order chi connectivity index (χ1) is 7.27. The van der Waals surface area contributed by atoms with E-state index in [4.69, 9.17) is 23.2 Å². The van der Waals surface area contributed by atoms with Crippen molar-refractivity contribution >= 4 is 23.2 Å². The number of aromatic nitrogens is 3. The van der Waals surface area contributed by atoms with Crippen molar-refractivity contribution in [3.8, 4) is 0 Å². The van der Waals surface area contributed by atoms with E-state index >= 15 is 0 Å². The third-order valence-electron chi connectivity index (χ3n) is 1.92. The Morgan fingerprint density at radius 3 is 2.33 bits per heavy atom. The van der Waals surface area contributed by atoms with Gasteiger partial charge < -0.3 is 5.43 Å². The largest absolute Gasteiger partial charge is 0.319 e. The highest BCUT2D eigenvalue weighted by atomic mass is 35.5. The summed E-state index contributed by atoms with van der Waals surface area (Å²) in [5.74, 6) is 0. The molecule has 78 valence electrons. The van der Waals surface area contributed by atoms with Gasteiger partial charge in [0.1, 0.15) is 12.7 Å². The molecule has 0 atom stereocenters. The Bertz CT molecular complexity index is 421. The molecule has 0 spiro atoms. The number of benzene rings is 1. The van der Waals surface area contributed by atoms with Crippen molar-refractivity contribution in [2.45, 2.75) is 6.54 Å². The van der Waals surface area contributed by atoms with Crippen LogP contribution < -0.4 is 5.43 Å². The Balaban J connectivity index is 2.11. The summed E-state index contributed by atoms with van der Waals surface area (Å²) in [6.45, 7) is 0.524. The van der Waals surface area contributed by atoms with Gasteiger partial charge in [0.05, 0.1) is 6.54 Å². The second kappa shape index (κ2) is 4.51. The lowest BCUT2D eigenvalue weighted by Crippen LogP contribution is -2.12. The molecular formula is C9H8Cl2N4. The summed E-state index contributed by atoms with van der Waals surface area (Å²) in [5.41, 5.74) is 3.90. The third-order valence-corrected chi connectivity index (χ3v) is 2.63. The molecule has 15 heavy (non-hydrogen) atoms. The summed E-state index contributed by atoms with van der Waals surface area (Å²) in [6, 6.07) is 5.42. The molecule has 0 aliphatic rings. The maximum Gasteiger partial charge on any atom is 0.138 e. The van der Waals surface area contributed by atoms with E-state index in [-0.39, 0.29) is 0 Å². The van der Waals surface area contributed by atoms with E-state index in [9.17, 15) is 0 Å². The molecule has 1 aromatic carbocycles. The van der Waals surface area contributed by atoms with Crippen LogP contribution in [0.2, 0.25) is 10.0 Å². The molecule has 0 aliphatic carbocycles. The van der Waals surface area contributed by atoms with Crippen molar-refractivity contribution in [2.75, 3.05) is 5.43 Å². The van der Waals surface area contributed by atoms with E-state index in [1.54, 1.807) is 29.5 Å². The summed E-state index contributed by atoms with van der Waals surface area (Å²) in [5, 5.41) is 8.61. The molecular weight excluding hydrogens is 235 g/mol. The van der Waals surface area contributed by atoms with Gasteiger partial charge >= 0.3 is 0 Å². The fourth-order valence-corrected chi connectivity index (χ4v) is 1.68. The standard InChI is InChI=1S/C9H8Cl2N4/c10-8-2-1-3-9(11)7(8)4-14-15-5-12-13-6-15/h1-3,5-6,14H,4H2. The van der Waals surface area contributed by atoms with Crippen molar-refractivity contribution in [2.24, 2.45) is 0 Å². The molecule has 6 heteroatoms. The Morgan fingerprint density at radius 1 is 1.13 bits per heavy atom. The first-order valence-electron chi connectivity index (χ1n) is 4.29. The van der Waals surface area contributed by atoms with E-state index in [1.165, 1.54) is 0 Å². The molecule has 0 fully saturated rings. The highest BCUT2D eigenvalue weighted by Gasteiger charge is 2.04. The normalized spacial score (nSPS) is 10.3. The summed E-state index contributed by atoms with van der Waals surface area (Å²) < 4.78 is 1.64. The van der Waals surface area contributed by atoms with Gasteiger partial charge in [-0.05, 0) is 12.1 Å². The summed E-state index contributed by atoms with van der Waals surface area (Å²) in [6.07, 6.45) is 3.12. The molecule has 2 rings (SSSR count). The average Bonchev–Trinajstić information content (AvgIpc) is 2.70. The molecule has 0 aliphatic heterocycles. The van der Waals surface area contributed by atoms with Crippen LogP contribution in [0.5, 0.6) is 0 Å². The Labute approximate surface area is 96.8 Å². The number of nitrogens with zero attached hydrogens (tertiary/aromatic N) is 3. The van der Waals surface area contributed by atoms with Crippen LogP contribution in [-0.4, -0.2) is 14.9 Å². The fourth-order valence-electron chi connectivity index (χ4n) is 1.15. The van der Waals surface area contributed by atoms with Crippen LogP contribution in [0.3, 0.4) is 0 Å². The van der Waals surface area contributed by atoms with Crippen LogP contribution in [0.1, 0.15) is 5.56 Å². The number of hydrogen-bond donors (Lipinski definition) is 1. The molecule has 4 nitrogen and oxygen atoms in total. The second-order valence-corrected chi connectivity index (χ2v) is 3.72. The summed E-state index contributed by atoms with van der Waals surface area (Å²) in [7, 11) is 0. The van der Waals surface area contributed by atoms with Gasteiger partial charge in [0.25, 0.3) is 0 Å². The number of hydrogen-bond acceptors (Lipinski definition) is 3. The Hall–Kier alpha value is -1.26. The van der Waals surface area contributed by atoms with Gasteiger partial charge in [-0.1, -0.05) is 29.3 Å². The second-order valence-electron chi connectivity index (χ2n) is 2.90. The highest BCUT2D eigenvalue weighted by Crippen LogP contribution is 2.23. The molecule has 0 unspecified atom stereocenters. The highest BCUT2D eigenvalue weighted by molar-refractivity contribution is 6.35. The predicted octanol–water partition coefficient (Wildman–Crippen LogP) is 2.33. The molecule has 2 aromatic rings. The molecule has 1 aromatic heterocycles. The van der Waals surface area contributed by atoms with Gasteiger partial charge in [-0.15, -0.1) is 10.2 Å². The van der Waals surface area contributed by atoms with E-state index in [0.717, 1.165) is 5.56 Å². The van der Waals surface area contributed by atoms with Crippen LogP contribution in [0.15, 0.2) is 30.9 Å². The Kier molecular flexibility index (Phi) is 3.08. The SMILES string of the molecule is Clc1cccc(Cl)c1CNn1cnnc1. The molecule has 0 saturated heterocycles. The maximum absolute atomic E-state index is 6.00. The monoisotopic (exact) mass is 242 g/mol. The zero-order chi connectivity index (χ0) is 10.7. The minimum atomic E-state index is 0.524. The molecule has 0 amide bonds. The number of nitrogens with one attached hydrogen (secondary N) is 1. The van der Waals surface area contributed by atoms with Crippen LogP contribution in [0.25, 0.3) is 0 Å². The minimum Gasteiger partial charge on any atom is -0.319 e. The van der Waals surface area contributed by atoms with Crippen molar-refractivity contribution in [3.05, 3.63) is 46.5 Å². The fraction of sp³-hybridized carbons (Fsp3) is 0.111. The summed E-state index contributed by atoms with van der Waals surface area (Å²) >= 11 is 12.0. The Morgan fingerprint density at radius 2 is 1.73 bits per heavy atom. The number of halogens is 2. The average molecular weight is 243 g/mol. The summed E-state index contributed by atoms with van der Waals surface area (Å²) in [4.78, 5) is 0. The lowest BCUT2D eigenvalue weighted by molar-refractivity contribution is 0.836. The van der Waals surface area contributed by atoms with Crippen molar-refractivity contribution in [1.29, 1.82) is 0 Å². The van der Waals surface area contributed by atoms with E-state index in [0.29, 0.717) is 16.6 Å². The maximum atomic E-state index is 6.00. The number of rotatable bonds is 3.